The number of rotatable bonds is 2. The summed E-state index contributed by atoms with van der Waals surface area (Å²) in [5, 5.41) is 0. The van der Waals surface area contributed by atoms with Gasteiger partial charge in [0.15, 0.2) is 5.78 Å². The largest absolute Gasteiger partial charge is 0.497 e. The Bertz CT molecular complexity index is 654. The van der Waals surface area contributed by atoms with Crippen LogP contribution in [0.3, 0.4) is 0 Å². The van der Waals surface area contributed by atoms with E-state index in [1.807, 2.05) is 0 Å². The summed E-state index contributed by atoms with van der Waals surface area (Å²) in [6.45, 7) is 0. The molecule has 102 valence electrons. The van der Waals surface area contributed by atoms with Crippen LogP contribution >= 0.6 is 0 Å². The molecule has 0 saturated carbocycles. The molecular formula is C16H13FO3. The van der Waals surface area contributed by atoms with Gasteiger partial charge in [-0.15, -0.1) is 0 Å². The van der Waals surface area contributed by atoms with Crippen molar-refractivity contribution in [3.63, 3.8) is 0 Å². The van der Waals surface area contributed by atoms with E-state index in [0.29, 0.717) is 16.9 Å². The number of hydrogen-bond acceptors (Lipinski definition) is 3. The molecular weight excluding hydrogens is 259 g/mol. The smallest absolute Gasteiger partial charge is 0.281 e. The van der Waals surface area contributed by atoms with Crippen LogP contribution in [0.15, 0.2) is 48.5 Å². The normalized spacial score (nSPS) is 21.0. The highest BCUT2D eigenvalue weighted by atomic mass is 19.2. The first-order chi connectivity index (χ1) is 9.62. The van der Waals surface area contributed by atoms with Gasteiger partial charge >= 0.3 is 0 Å². The molecule has 2 aromatic carbocycles. The fraction of sp³-hybridized carbons (Fsp3) is 0.188. The van der Waals surface area contributed by atoms with Gasteiger partial charge in [-0.05, 0) is 18.2 Å². The molecule has 3 nitrogen and oxygen atoms in total. The molecule has 4 heteroatoms. The molecule has 0 fully saturated rings. The molecule has 0 aromatic heterocycles. The van der Waals surface area contributed by atoms with Crippen LogP contribution in [0.4, 0.5) is 4.39 Å². The first-order valence-electron chi connectivity index (χ1n) is 6.27. The molecule has 0 spiro atoms. The van der Waals surface area contributed by atoms with Gasteiger partial charge in [0.1, 0.15) is 11.5 Å². The van der Waals surface area contributed by atoms with Crippen LogP contribution in [-0.4, -0.2) is 12.9 Å². The van der Waals surface area contributed by atoms with Crippen molar-refractivity contribution in [2.75, 3.05) is 7.11 Å². The SMILES string of the molecule is COc1ccc2c(c1)C(=O)CC(F)(c1ccccc1)O2. The maximum atomic E-state index is 14.9. The summed E-state index contributed by atoms with van der Waals surface area (Å²) in [5.74, 6) is -1.61. The van der Waals surface area contributed by atoms with Crippen LogP contribution in [0.25, 0.3) is 0 Å². The van der Waals surface area contributed by atoms with Gasteiger partial charge in [-0.1, -0.05) is 30.3 Å². The molecule has 20 heavy (non-hydrogen) atoms. The second kappa shape index (κ2) is 4.63. The molecule has 0 N–H and O–H groups in total. The van der Waals surface area contributed by atoms with Gasteiger partial charge in [-0.3, -0.25) is 4.79 Å². The minimum absolute atomic E-state index is 0.244. The molecule has 1 aliphatic rings. The Morgan fingerprint density at radius 1 is 1.20 bits per heavy atom. The van der Waals surface area contributed by atoms with Gasteiger partial charge in [0.05, 0.1) is 19.1 Å². The van der Waals surface area contributed by atoms with Gasteiger partial charge in [-0.2, -0.15) is 4.39 Å². The Morgan fingerprint density at radius 2 is 1.95 bits per heavy atom. The Balaban J connectivity index is 2.03. The Hall–Kier alpha value is -2.36. The summed E-state index contributed by atoms with van der Waals surface area (Å²) in [6.07, 6.45) is -0.336. The van der Waals surface area contributed by atoms with E-state index >= 15 is 0 Å². The van der Waals surface area contributed by atoms with Crippen molar-refractivity contribution in [3.8, 4) is 11.5 Å². The average molecular weight is 272 g/mol. The van der Waals surface area contributed by atoms with E-state index in [-0.39, 0.29) is 18.0 Å². The van der Waals surface area contributed by atoms with Crippen molar-refractivity contribution in [2.45, 2.75) is 12.3 Å². The highest BCUT2D eigenvalue weighted by Gasteiger charge is 2.42. The topological polar surface area (TPSA) is 35.5 Å². The molecule has 1 heterocycles. The lowest BCUT2D eigenvalue weighted by molar-refractivity contribution is -0.0745. The zero-order valence-corrected chi connectivity index (χ0v) is 10.9. The van der Waals surface area contributed by atoms with Crippen molar-refractivity contribution >= 4 is 5.78 Å². The number of hydrogen-bond donors (Lipinski definition) is 0. The summed E-state index contributed by atoms with van der Waals surface area (Å²) < 4.78 is 25.4. The molecule has 0 saturated heterocycles. The zero-order valence-electron chi connectivity index (χ0n) is 10.9. The van der Waals surface area contributed by atoms with Crippen molar-refractivity contribution in [1.29, 1.82) is 0 Å². The van der Waals surface area contributed by atoms with E-state index < -0.39 is 5.85 Å². The first kappa shape index (κ1) is 12.7. The van der Waals surface area contributed by atoms with Crippen LogP contribution < -0.4 is 9.47 Å². The Kier molecular flexibility index (Phi) is 2.93. The molecule has 0 amide bonds. The second-order valence-electron chi connectivity index (χ2n) is 4.66. The molecule has 0 bridgehead atoms. The maximum absolute atomic E-state index is 14.9. The second-order valence-corrected chi connectivity index (χ2v) is 4.66. The molecule has 1 unspecified atom stereocenters. The summed E-state index contributed by atoms with van der Waals surface area (Å²) in [4.78, 5) is 12.2. The number of alkyl halides is 1. The lowest BCUT2D eigenvalue weighted by Crippen LogP contribution is -2.35. The molecule has 1 aliphatic heterocycles. The number of Topliss-reactive ketones (excluding diaryl/α,β-unsaturated/α-hetero) is 1. The van der Waals surface area contributed by atoms with Crippen LogP contribution in [0.2, 0.25) is 0 Å². The maximum Gasteiger partial charge on any atom is 0.281 e. The van der Waals surface area contributed by atoms with Crippen molar-refractivity contribution in [3.05, 3.63) is 59.7 Å². The standard InChI is InChI=1S/C16H13FO3/c1-19-12-7-8-15-13(9-12)14(18)10-16(17,20-15)11-5-3-2-4-6-11/h2-9H,10H2,1H3. The van der Waals surface area contributed by atoms with Gasteiger partial charge in [-0.25, -0.2) is 0 Å². The van der Waals surface area contributed by atoms with Crippen molar-refractivity contribution < 1.29 is 18.7 Å². The fourth-order valence-corrected chi connectivity index (χ4v) is 2.30. The Morgan fingerprint density at radius 3 is 2.65 bits per heavy atom. The summed E-state index contributed by atoms with van der Waals surface area (Å²) in [6, 6.07) is 13.2. The van der Waals surface area contributed by atoms with E-state index in [0.717, 1.165) is 0 Å². The number of ketones is 1. The third-order valence-electron chi connectivity index (χ3n) is 3.35. The Labute approximate surface area is 115 Å². The number of ether oxygens (including phenoxy) is 2. The number of carbonyl (C=O) groups excluding carboxylic acids is 1. The van der Waals surface area contributed by atoms with E-state index in [4.69, 9.17) is 9.47 Å². The van der Waals surface area contributed by atoms with Crippen LogP contribution in [-0.2, 0) is 5.85 Å². The van der Waals surface area contributed by atoms with Crippen molar-refractivity contribution in [2.24, 2.45) is 0 Å². The van der Waals surface area contributed by atoms with E-state index in [2.05, 4.69) is 0 Å². The number of fused-ring (bicyclic) bond motifs is 1. The molecule has 0 aliphatic carbocycles. The zero-order chi connectivity index (χ0) is 14.2. The molecule has 0 radical (unpaired) electrons. The average Bonchev–Trinajstić information content (AvgIpc) is 2.48. The van der Waals surface area contributed by atoms with Gasteiger partial charge < -0.3 is 9.47 Å². The number of benzene rings is 2. The van der Waals surface area contributed by atoms with E-state index in [1.54, 1.807) is 48.5 Å². The lowest BCUT2D eigenvalue weighted by Gasteiger charge is -2.31. The summed E-state index contributed by atoms with van der Waals surface area (Å²) >= 11 is 0. The van der Waals surface area contributed by atoms with Crippen LogP contribution in [0.1, 0.15) is 22.3 Å². The predicted octanol–water partition coefficient (Wildman–Crippen LogP) is 3.48. The number of methoxy groups -OCH3 is 1. The minimum atomic E-state index is -2.11. The molecule has 2 aromatic rings. The third-order valence-corrected chi connectivity index (χ3v) is 3.35. The van der Waals surface area contributed by atoms with Gasteiger partial charge in [0.25, 0.3) is 5.85 Å². The number of carbonyl (C=O) groups is 1. The van der Waals surface area contributed by atoms with Crippen LogP contribution in [0.5, 0.6) is 11.5 Å². The molecule has 3 rings (SSSR count). The summed E-state index contributed by atoms with van der Waals surface area (Å²) in [7, 11) is 1.51. The highest BCUT2D eigenvalue weighted by Crippen LogP contribution is 2.41. The van der Waals surface area contributed by atoms with Gasteiger partial charge in [0.2, 0.25) is 0 Å². The fourth-order valence-electron chi connectivity index (χ4n) is 2.30. The predicted molar refractivity (Wildman–Crippen MR) is 71.8 cm³/mol. The quantitative estimate of drug-likeness (QED) is 0.839. The first-order valence-corrected chi connectivity index (χ1v) is 6.27. The minimum Gasteiger partial charge on any atom is -0.497 e. The lowest BCUT2D eigenvalue weighted by atomic mass is 9.94. The molecule has 1 atom stereocenters. The van der Waals surface area contributed by atoms with Gasteiger partial charge in [0, 0.05) is 5.56 Å². The highest BCUT2D eigenvalue weighted by molar-refractivity contribution is 6.00. The van der Waals surface area contributed by atoms with Crippen molar-refractivity contribution in [1.82, 2.24) is 0 Å². The third kappa shape index (κ3) is 2.03. The van der Waals surface area contributed by atoms with E-state index in [1.165, 1.54) is 7.11 Å². The van der Waals surface area contributed by atoms with E-state index in [9.17, 15) is 9.18 Å². The van der Waals surface area contributed by atoms with Crippen LogP contribution in [0, 0.1) is 0 Å². The number of halogens is 1. The monoisotopic (exact) mass is 272 g/mol. The summed E-state index contributed by atoms with van der Waals surface area (Å²) in [5.41, 5.74) is 0.698.